The first-order chi connectivity index (χ1) is 11.1. The first-order valence-electron chi connectivity index (χ1n) is 7.31. The van der Waals surface area contributed by atoms with Gasteiger partial charge in [-0.3, -0.25) is 9.48 Å². The van der Waals surface area contributed by atoms with Crippen LogP contribution in [0.3, 0.4) is 0 Å². The number of hydrogen-bond donors (Lipinski definition) is 2. The van der Waals surface area contributed by atoms with E-state index in [2.05, 4.69) is 10.4 Å². The number of amides is 1. The predicted octanol–water partition coefficient (Wildman–Crippen LogP) is 2.56. The van der Waals surface area contributed by atoms with E-state index >= 15 is 0 Å². The lowest BCUT2D eigenvalue weighted by molar-refractivity contribution is 0.0656. The topological polar surface area (TPSA) is 93.5 Å². The van der Waals surface area contributed by atoms with Gasteiger partial charge < -0.3 is 15.2 Å². The second-order valence-corrected chi connectivity index (χ2v) is 6.30. The number of nitrogens with zero attached hydrogens (tertiary/aromatic N) is 2. The van der Waals surface area contributed by atoms with Crippen molar-refractivity contribution in [2.75, 3.05) is 18.5 Å². The van der Waals surface area contributed by atoms with Gasteiger partial charge in [-0.25, -0.2) is 4.79 Å². The van der Waals surface area contributed by atoms with Crippen molar-refractivity contribution >= 4 is 28.2 Å². The number of carboxylic acids is 1. The van der Waals surface area contributed by atoms with Crippen LogP contribution >= 0.6 is 11.3 Å². The van der Waals surface area contributed by atoms with Gasteiger partial charge in [-0.15, -0.1) is 11.3 Å². The molecule has 0 spiro atoms. The van der Waals surface area contributed by atoms with Crippen LogP contribution in [0.4, 0.5) is 5.00 Å². The summed E-state index contributed by atoms with van der Waals surface area (Å²) in [6.07, 6.45) is 3.33. The molecule has 0 aromatic carbocycles. The van der Waals surface area contributed by atoms with Gasteiger partial charge in [-0.2, -0.15) is 5.10 Å². The predicted molar refractivity (Wildman–Crippen MR) is 85.3 cm³/mol. The van der Waals surface area contributed by atoms with Gasteiger partial charge in [-0.1, -0.05) is 0 Å². The lowest BCUT2D eigenvalue weighted by Crippen LogP contribution is -2.22. The molecule has 2 N–H and O–H groups in total. The Labute approximate surface area is 136 Å². The number of carbonyl (C=O) groups excluding carboxylic acids is 1. The Hall–Kier alpha value is -2.19. The van der Waals surface area contributed by atoms with Gasteiger partial charge in [0.2, 0.25) is 0 Å². The molecule has 0 unspecified atom stereocenters. The molecular formula is C15H17N3O4S. The quantitative estimate of drug-likeness (QED) is 0.895. The number of ether oxygens (including phenoxy) is 1. The third kappa shape index (κ3) is 3.27. The van der Waals surface area contributed by atoms with Crippen LogP contribution in [-0.2, 0) is 4.74 Å². The number of aromatic nitrogens is 2. The van der Waals surface area contributed by atoms with Gasteiger partial charge in [0.15, 0.2) is 0 Å². The van der Waals surface area contributed by atoms with Crippen LogP contribution in [0.25, 0.3) is 0 Å². The summed E-state index contributed by atoms with van der Waals surface area (Å²) in [6.45, 7) is 3.28. The molecule has 1 amide bonds. The summed E-state index contributed by atoms with van der Waals surface area (Å²) >= 11 is 1.19. The zero-order valence-electron chi connectivity index (χ0n) is 12.6. The van der Waals surface area contributed by atoms with Gasteiger partial charge >= 0.3 is 5.97 Å². The van der Waals surface area contributed by atoms with Gasteiger partial charge in [0.05, 0.1) is 28.4 Å². The van der Waals surface area contributed by atoms with Crippen LogP contribution < -0.4 is 5.32 Å². The van der Waals surface area contributed by atoms with E-state index in [-0.39, 0.29) is 17.5 Å². The Morgan fingerprint density at radius 1 is 1.43 bits per heavy atom. The Balaban J connectivity index is 1.74. The Kier molecular flexibility index (Phi) is 4.44. The van der Waals surface area contributed by atoms with Gasteiger partial charge in [0.1, 0.15) is 0 Å². The third-order valence-corrected chi connectivity index (χ3v) is 4.75. The fourth-order valence-corrected chi connectivity index (χ4v) is 3.41. The van der Waals surface area contributed by atoms with E-state index in [0.717, 1.165) is 18.5 Å². The number of thiophene rings is 1. The third-order valence-electron chi connectivity index (χ3n) is 3.91. The Morgan fingerprint density at radius 3 is 2.83 bits per heavy atom. The molecule has 0 saturated carbocycles. The minimum absolute atomic E-state index is 0.167. The molecule has 8 heteroatoms. The summed E-state index contributed by atoms with van der Waals surface area (Å²) < 4.78 is 7.23. The number of carboxylic acid groups (broad SMARTS) is 1. The molecule has 2 aromatic heterocycles. The van der Waals surface area contributed by atoms with Crippen LogP contribution in [0.1, 0.15) is 45.3 Å². The number of aromatic carboxylic acids is 1. The number of carbonyl (C=O) groups is 2. The molecule has 3 heterocycles. The van der Waals surface area contributed by atoms with Crippen LogP contribution in [0, 0.1) is 6.92 Å². The number of hydrogen-bond acceptors (Lipinski definition) is 5. The summed E-state index contributed by atoms with van der Waals surface area (Å²) in [5.74, 6) is -1.29. The average Bonchev–Trinajstić information content (AvgIpc) is 3.15. The minimum Gasteiger partial charge on any atom is -0.478 e. The van der Waals surface area contributed by atoms with Crippen LogP contribution in [0.5, 0.6) is 0 Å². The van der Waals surface area contributed by atoms with E-state index in [9.17, 15) is 9.59 Å². The second kappa shape index (κ2) is 6.51. The molecule has 1 aliphatic rings. The maximum Gasteiger partial charge on any atom is 0.336 e. The van der Waals surface area contributed by atoms with E-state index in [4.69, 9.17) is 9.84 Å². The van der Waals surface area contributed by atoms with E-state index in [1.807, 2.05) is 11.6 Å². The molecule has 122 valence electrons. The average molecular weight is 335 g/mol. The minimum atomic E-state index is -1.01. The van der Waals surface area contributed by atoms with Crippen molar-refractivity contribution in [3.05, 3.63) is 34.5 Å². The standard InChI is InChI=1S/C15H17N3O4S/c1-9-12(7-16-18(9)11-2-4-22-5-3-11)14(19)17-13-6-10(8-23-13)15(20)21/h6-8,11H,2-5H2,1H3,(H,17,19)(H,20,21). The second-order valence-electron chi connectivity index (χ2n) is 5.39. The maximum absolute atomic E-state index is 12.4. The van der Waals surface area contributed by atoms with E-state index in [1.54, 1.807) is 6.20 Å². The SMILES string of the molecule is Cc1c(C(=O)Nc2cc(C(=O)O)cs2)cnn1C1CCOCC1. The maximum atomic E-state index is 12.4. The molecule has 0 aliphatic carbocycles. The van der Waals surface area contributed by atoms with Crippen molar-refractivity contribution in [3.63, 3.8) is 0 Å². The fourth-order valence-electron chi connectivity index (χ4n) is 2.64. The van der Waals surface area contributed by atoms with Gasteiger partial charge in [0, 0.05) is 24.3 Å². The lowest BCUT2D eigenvalue weighted by atomic mass is 10.1. The molecule has 2 aromatic rings. The summed E-state index contributed by atoms with van der Waals surface area (Å²) in [5, 5.41) is 18.0. The molecule has 3 rings (SSSR count). The number of rotatable bonds is 4. The summed E-state index contributed by atoms with van der Waals surface area (Å²) in [5.41, 5.74) is 1.48. The van der Waals surface area contributed by atoms with Crippen molar-refractivity contribution in [1.29, 1.82) is 0 Å². The van der Waals surface area contributed by atoms with Crippen molar-refractivity contribution in [3.8, 4) is 0 Å². The fraction of sp³-hybridized carbons (Fsp3) is 0.400. The Bertz CT molecular complexity index is 731. The normalized spacial score (nSPS) is 15.5. The van der Waals surface area contributed by atoms with Crippen LogP contribution in [0.2, 0.25) is 0 Å². The molecule has 0 bridgehead atoms. The van der Waals surface area contributed by atoms with Crippen LogP contribution in [-0.4, -0.2) is 40.0 Å². The van der Waals surface area contributed by atoms with E-state index in [1.165, 1.54) is 22.8 Å². The highest BCUT2D eigenvalue weighted by Gasteiger charge is 2.22. The van der Waals surface area contributed by atoms with E-state index in [0.29, 0.717) is 23.8 Å². The lowest BCUT2D eigenvalue weighted by Gasteiger charge is -2.23. The van der Waals surface area contributed by atoms with Crippen molar-refractivity contribution in [2.45, 2.75) is 25.8 Å². The summed E-state index contributed by atoms with van der Waals surface area (Å²) in [4.78, 5) is 23.3. The van der Waals surface area contributed by atoms with Crippen molar-refractivity contribution < 1.29 is 19.4 Å². The molecule has 0 radical (unpaired) electrons. The molecular weight excluding hydrogens is 318 g/mol. The Morgan fingerprint density at radius 2 is 2.17 bits per heavy atom. The smallest absolute Gasteiger partial charge is 0.336 e. The van der Waals surface area contributed by atoms with Crippen molar-refractivity contribution in [2.24, 2.45) is 0 Å². The molecule has 7 nitrogen and oxygen atoms in total. The highest BCUT2D eigenvalue weighted by Crippen LogP contribution is 2.25. The molecule has 0 atom stereocenters. The molecule has 1 fully saturated rings. The zero-order valence-corrected chi connectivity index (χ0v) is 13.4. The summed E-state index contributed by atoms with van der Waals surface area (Å²) in [6, 6.07) is 1.70. The summed E-state index contributed by atoms with van der Waals surface area (Å²) in [7, 11) is 0. The monoisotopic (exact) mass is 335 g/mol. The molecule has 1 saturated heterocycles. The first-order valence-corrected chi connectivity index (χ1v) is 8.19. The van der Waals surface area contributed by atoms with Gasteiger partial charge in [0.25, 0.3) is 5.91 Å². The molecule has 23 heavy (non-hydrogen) atoms. The zero-order chi connectivity index (χ0) is 16.4. The number of nitrogens with one attached hydrogen (secondary N) is 1. The largest absolute Gasteiger partial charge is 0.478 e. The number of anilines is 1. The first kappa shape index (κ1) is 15.7. The van der Waals surface area contributed by atoms with Gasteiger partial charge in [-0.05, 0) is 25.8 Å². The van der Waals surface area contributed by atoms with Crippen molar-refractivity contribution in [1.82, 2.24) is 9.78 Å². The molecule has 1 aliphatic heterocycles. The van der Waals surface area contributed by atoms with E-state index < -0.39 is 5.97 Å². The highest BCUT2D eigenvalue weighted by molar-refractivity contribution is 7.14. The van der Waals surface area contributed by atoms with Crippen LogP contribution in [0.15, 0.2) is 17.6 Å². The highest BCUT2D eigenvalue weighted by atomic mass is 32.1.